The molecule has 2 saturated carbocycles. The van der Waals surface area contributed by atoms with Gasteiger partial charge in [0, 0.05) is 50.5 Å². The van der Waals surface area contributed by atoms with Gasteiger partial charge in [-0.05, 0) is 159 Å². The van der Waals surface area contributed by atoms with Crippen molar-refractivity contribution in [2.45, 2.75) is 180 Å². The van der Waals surface area contributed by atoms with Crippen molar-refractivity contribution >= 4 is 62.9 Å². The predicted octanol–water partition coefficient (Wildman–Crippen LogP) is 17.0. The van der Waals surface area contributed by atoms with E-state index in [0.717, 1.165) is 12.8 Å². The molecule has 2 aliphatic carbocycles. The Bertz CT molecular complexity index is 3440. The summed E-state index contributed by atoms with van der Waals surface area (Å²) in [6.45, 7) is 32.0. The molecule has 13 rings (SSSR count). The molecule has 7 aromatic carbocycles. The van der Waals surface area contributed by atoms with E-state index in [0.29, 0.717) is 0 Å². The number of rotatable bonds is 4. The Labute approximate surface area is 444 Å². The lowest BCUT2D eigenvalue weighted by Crippen LogP contribution is -2.64. The second-order valence-corrected chi connectivity index (χ2v) is 27.6. The molecule has 0 spiro atoms. The number of hydrogen-bond donors (Lipinski definition) is 0. The molecule has 0 bridgehead atoms. The van der Waals surface area contributed by atoms with Gasteiger partial charge in [-0.1, -0.05) is 199 Å². The van der Waals surface area contributed by atoms with Gasteiger partial charge in [-0.25, -0.2) is 0 Å². The number of hydrogen-bond acceptors (Lipinski definition) is 3. The Balaban J connectivity index is 1.18. The van der Waals surface area contributed by atoms with E-state index in [9.17, 15) is 0 Å². The number of benzene rings is 7. The van der Waals surface area contributed by atoms with Gasteiger partial charge in [-0.15, -0.1) is 0 Å². The third-order valence-electron chi connectivity index (χ3n) is 20.4. The van der Waals surface area contributed by atoms with Crippen molar-refractivity contribution in [2.24, 2.45) is 0 Å². The van der Waals surface area contributed by atoms with Crippen molar-refractivity contribution in [3.63, 3.8) is 0 Å². The number of fused-ring (bicyclic) bond motifs is 10. The van der Waals surface area contributed by atoms with Crippen molar-refractivity contribution in [3.05, 3.63) is 167 Å². The summed E-state index contributed by atoms with van der Waals surface area (Å²) in [5, 5.41) is 0. The van der Waals surface area contributed by atoms with E-state index in [1.54, 1.807) is 5.56 Å². The molecule has 0 saturated heterocycles. The van der Waals surface area contributed by atoms with Crippen LogP contribution in [0, 0.1) is 0 Å². The molecular formula is C70H78BN3. The van der Waals surface area contributed by atoms with E-state index < -0.39 is 0 Å². The molecule has 6 aliphatic rings. The summed E-state index contributed by atoms with van der Waals surface area (Å²) in [5.74, 6) is 0. The lowest BCUT2D eigenvalue weighted by molar-refractivity contribution is 0.194. The van der Waals surface area contributed by atoms with Gasteiger partial charge in [-0.3, -0.25) is 0 Å². The predicted molar refractivity (Wildman–Crippen MR) is 318 cm³/mol. The van der Waals surface area contributed by atoms with Crippen molar-refractivity contribution in [2.75, 3.05) is 14.7 Å². The van der Waals surface area contributed by atoms with Crippen LogP contribution in [0.15, 0.2) is 140 Å². The molecule has 0 aromatic heterocycles. The standard InChI is InChI=1S/C70H78BN3/c1-64(2,3)48-28-31-57(52(40-48)46-26-18-15-19-27-46)72-59-33-30-50(66(7,8)9)42-55(59)71-56-39-47(45-24-16-14-17-25-45)38-54-63(56)74(70(13)37-23-21-35-68(54,70)11)61-44-51(43-60(72)62(61)71)73-58-32-29-49(65(4,5)6)41-53(58)67(10)34-20-22-36-69(67,73)12/h14-19,24-33,38-44H,20-23,34-37H2,1-13H3. The van der Waals surface area contributed by atoms with Crippen LogP contribution in [0.3, 0.4) is 0 Å². The molecule has 4 aliphatic heterocycles. The van der Waals surface area contributed by atoms with Crippen molar-refractivity contribution in [1.82, 2.24) is 0 Å². The Morgan fingerprint density at radius 3 is 1.54 bits per heavy atom. The highest BCUT2D eigenvalue weighted by molar-refractivity contribution is 7.00. The van der Waals surface area contributed by atoms with Crippen LogP contribution in [-0.2, 0) is 27.1 Å². The summed E-state index contributed by atoms with van der Waals surface area (Å²) in [5.41, 5.74) is 25.8. The quantitative estimate of drug-likeness (QED) is 0.163. The normalized spacial score (nSPS) is 24.5. The van der Waals surface area contributed by atoms with Gasteiger partial charge in [0.1, 0.15) is 0 Å². The summed E-state index contributed by atoms with van der Waals surface area (Å²) in [7, 11) is 0. The first-order chi connectivity index (χ1) is 35.1. The molecule has 0 amide bonds. The van der Waals surface area contributed by atoms with Crippen molar-refractivity contribution in [1.29, 1.82) is 0 Å². The average Bonchev–Trinajstić information content (AvgIpc) is 3.93. The highest BCUT2D eigenvalue weighted by Gasteiger charge is 2.63. The van der Waals surface area contributed by atoms with Gasteiger partial charge in [0.15, 0.2) is 0 Å². The second kappa shape index (κ2) is 15.8. The van der Waals surface area contributed by atoms with Gasteiger partial charge >= 0.3 is 0 Å². The lowest BCUT2D eigenvalue weighted by Gasteiger charge is -2.54. The Morgan fingerprint density at radius 1 is 0.405 bits per heavy atom. The topological polar surface area (TPSA) is 9.72 Å². The van der Waals surface area contributed by atoms with Crippen LogP contribution in [0.1, 0.15) is 169 Å². The smallest absolute Gasteiger partial charge is 0.252 e. The fraction of sp³-hybridized carbons (Fsp3) is 0.400. The maximum absolute atomic E-state index is 2.96. The molecule has 2 fully saturated rings. The molecule has 74 heavy (non-hydrogen) atoms. The minimum atomic E-state index is -0.134. The zero-order valence-electron chi connectivity index (χ0n) is 46.9. The molecule has 0 N–H and O–H groups in total. The number of anilines is 7. The first-order valence-electron chi connectivity index (χ1n) is 28.4. The molecular weight excluding hydrogens is 894 g/mol. The van der Waals surface area contributed by atoms with Crippen LogP contribution in [0.4, 0.5) is 39.8 Å². The molecule has 4 heteroatoms. The third kappa shape index (κ3) is 6.51. The van der Waals surface area contributed by atoms with Crippen LogP contribution < -0.4 is 31.1 Å². The minimum absolute atomic E-state index is 0.00834. The Morgan fingerprint density at radius 2 is 0.919 bits per heavy atom. The summed E-state index contributed by atoms with van der Waals surface area (Å²) < 4.78 is 0. The second-order valence-electron chi connectivity index (χ2n) is 27.6. The lowest BCUT2D eigenvalue weighted by atomic mass is 9.33. The van der Waals surface area contributed by atoms with Crippen molar-refractivity contribution in [3.8, 4) is 22.3 Å². The molecule has 7 aromatic rings. The molecule has 4 atom stereocenters. The highest BCUT2D eigenvalue weighted by atomic mass is 15.3. The van der Waals surface area contributed by atoms with Crippen LogP contribution >= 0.6 is 0 Å². The monoisotopic (exact) mass is 972 g/mol. The van der Waals surface area contributed by atoms with Gasteiger partial charge < -0.3 is 14.7 Å². The van der Waals surface area contributed by atoms with Crippen molar-refractivity contribution < 1.29 is 0 Å². The zero-order chi connectivity index (χ0) is 51.7. The van der Waals surface area contributed by atoms with Crippen LogP contribution in [0.25, 0.3) is 22.3 Å². The molecule has 3 nitrogen and oxygen atoms in total. The molecule has 4 unspecified atom stereocenters. The van der Waals surface area contributed by atoms with Gasteiger partial charge in [0.25, 0.3) is 6.71 Å². The fourth-order valence-corrected chi connectivity index (χ4v) is 15.6. The van der Waals surface area contributed by atoms with Gasteiger partial charge in [0.05, 0.1) is 16.8 Å². The minimum Gasteiger partial charge on any atom is -0.335 e. The Hall–Kier alpha value is -6.00. The van der Waals surface area contributed by atoms with Crippen LogP contribution in [0.2, 0.25) is 0 Å². The maximum atomic E-state index is 2.96. The SMILES string of the molecule is CC(C)(C)c1ccc2c(c1)B1c3cc(-c4ccccc4)cc4c3N(c3cc(N5c6ccc(C(C)(C)C)cc6C6(C)CCCCC56C)cc(c31)N2c1ccc(C(C)(C)C)cc1-c1ccccc1)C1(C)CCCCC41C. The van der Waals surface area contributed by atoms with Crippen LogP contribution in [-0.4, -0.2) is 17.8 Å². The third-order valence-corrected chi connectivity index (χ3v) is 20.4. The molecule has 4 heterocycles. The Kier molecular flexibility index (Phi) is 10.2. The van der Waals surface area contributed by atoms with E-state index in [1.165, 1.54) is 139 Å². The summed E-state index contributed by atoms with van der Waals surface area (Å²) in [6.07, 6.45) is 9.67. The first-order valence-corrected chi connectivity index (χ1v) is 28.4. The zero-order valence-corrected chi connectivity index (χ0v) is 46.9. The first kappa shape index (κ1) is 47.7. The molecule has 0 radical (unpaired) electrons. The highest BCUT2D eigenvalue weighted by Crippen LogP contribution is 2.65. The van der Waals surface area contributed by atoms with Gasteiger partial charge in [-0.2, -0.15) is 0 Å². The largest absolute Gasteiger partial charge is 0.335 e. The van der Waals surface area contributed by atoms with E-state index >= 15 is 0 Å². The average molecular weight is 972 g/mol. The van der Waals surface area contributed by atoms with Crippen LogP contribution in [0.5, 0.6) is 0 Å². The molecule has 376 valence electrons. The summed E-state index contributed by atoms with van der Waals surface area (Å²) in [4.78, 5) is 8.58. The summed E-state index contributed by atoms with van der Waals surface area (Å²) in [6, 6.07) is 55.8. The van der Waals surface area contributed by atoms with E-state index in [-0.39, 0.29) is 44.9 Å². The van der Waals surface area contributed by atoms with E-state index in [4.69, 9.17) is 0 Å². The maximum Gasteiger partial charge on any atom is 0.252 e. The summed E-state index contributed by atoms with van der Waals surface area (Å²) >= 11 is 0. The number of nitrogens with zero attached hydrogens (tertiary/aromatic N) is 3. The fourth-order valence-electron chi connectivity index (χ4n) is 15.6. The van der Waals surface area contributed by atoms with Gasteiger partial charge in [0.2, 0.25) is 0 Å². The van der Waals surface area contributed by atoms with E-state index in [2.05, 4.69) is 244 Å². The van der Waals surface area contributed by atoms with E-state index in [1.807, 2.05) is 0 Å².